The third-order valence-electron chi connectivity index (χ3n) is 5.02. The number of rotatable bonds is 4. The lowest BCUT2D eigenvalue weighted by Crippen LogP contribution is -2.12. The molecule has 0 N–H and O–H groups in total. The van der Waals surface area contributed by atoms with E-state index >= 15 is 0 Å². The molecule has 0 radical (unpaired) electrons. The predicted octanol–water partition coefficient (Wildman–Crippen LogP) is 4.56. The van der Waals surface area contributed by atoms with Crippen LogP contribution in [0.15, 0.2) is 42.7 Å². The number of benzene rings is 1. The van der Waals surface area contributed by atoms with Gasteiger partial charge in [-0.2, -0.15) is 5.10 Å². The van der Waals surface area contributed by atoms with Gasteiger partial charge in [0.2, 0.25) is 0 Å². The van der Waals surface area contributed by atoms with Crippen molar-refractivity contribution < 1.29 is 9.13 Å². The highest BCUT2D eigenvalue weighted by atomic mass is 19.1. The first kappa shape index (κ1) is 16.8. The Hall–Kier alpha value is -2.69. The minimum absolute atomic E-state index is 0.211. The van der Waals surface area contributed by atoms with Gasteiger partial charge in [-0.3, -0.25) is 9.67 Å². The number of fused-ring (bicyclic) bond motifs is 1. The molecule has 2 heterocycles. The Kier molecular flexibility index (Phi) is 4.23. The molecular weight excluding hydrogens is 329 g/mol. The monoisotopic (exact) mass is 351 g/mol. The number of methoxy groups -OCH3 is 1. The van der Waals surface area contributed by atoms with Crippen LogP contribution in [0.2, 0.25) is 0 Å². The van der Waals surface area contributed by atoms with Crippen molar-refractivity contribution in [3.05, 3.63) is 65.4 Å². The fraction of sp³-hybridized carbons (Fsp3) is 0.333. The van der Waals surface area contributed by atoms with Gasteiger partial charge < -0.3 is 4.74 Å². The van der Waals surface area contributed by atoms with Gasteiger partial charge in [-0.25, -0.2) is 4.39 Å². The molecule has 0 saturated carbocycles. The molecule has 4 rings (SSSR count). The van der Waals surface area contributed by atoms with Gasteiger partial charge in [0.05, 0.1) is 30.7 Å². The van der Waals surface area contributed by atoms with Gasteiger partial charge in [0.1, 0.15) is 11.6 Å². The lowest BCUT2D eigenvalue weighted by Gasteiger charge is -2.14. The van der Waals surface area contributed by atoms with Gasteiger partial charge in [0.25, 0.3) is 0 Å². The predicted molar refractivity (Wildman–Crippen MR) is 98.9 cm³/mol. The molecule has 26 heavy (non-hydrogen) atoms. The summed E-state index contributed by atoms with van der Waals surface area (Å²) in [5.74, 6) is 0.850. The molecule has 2 aromatic heterocycles. The fourth-order valence-corrected chi connectivity index (χ4v) is 3.61. The molecule has 0 aliphatic heterocycles. The Morgan fingerprint density at radius 1 is 1.12 bits per heavy atom. The highest BCUT2D eigenvalue weighted by Gasteiger charge is 2.27. The number of pyridine rings is 1. The van der Waals surface area contributed by atoms with Crippen LogP contribution < -0.4 is 4.74 Å². The molecule has 0 unspecified atom stereocenters. The van der Waals surface area contributed by atoms with Gasteiger partial charge in [0.15, 0.2) is 0 Å². The SMILES string of the molecule is COc1ccc2c(c1)C[C@@H](n1nc(C(C)C)cc1-c1cncc(F)c1)C2. The molecule has 0 fully saturated rings. The maximum atomic E-state index is 13.7. The van der Waals surface area contributed by atoms with Gasteiger partial charge in [-0.05, 0) is 54.2 Å². The van der Waals surface area contributed by atoms with Gasteiger partial charge in [-0.1, -0.05) is 19.9 Å². The molecular formula is C21H22FN3O. The van der Waals surface area contributed by atoms with E-state index in [2.05, 4.69) is 41.7 Å². The zero-order valence-corrected chi connectivity index (χ0v) is 15.2. The number of aromatic nitrogens is 3. The third kappa shape index (κ3) is 2.98. The van der Waals surface area contributed by atoms with Crippen LogP contribution in [0.5, 0.6) is 5.75 Å². The van der Waals surface area contributed by atoms with Crippen molar-refractivity contribution in [2.45, 2.75) is 38.6 Å². The fourth-order valence-electron chi connectivity index (χ4n) is 3.61. The quantitative estimate of drug-likeness (QED) is 0.692. The average Bonchev–Trinajstić information content (AvgIpc) is 3.25. The molecule has 0 saturated heterocycles. The maximum absolute atomic E-state index is 13.7. The minimum atomic E-state index is -0.333. The second kappa shape index (κ2) is 6.56. The summed E-state index contributed by atoms with van der Waals surface area (Å²) in [6, 6.07) is 10.0. The third-order valence-corrected chi connectivity index (χ3v) is 5.02. The molecule has 4 nitrogen and oxygen atoms in total. The van der Waals surface area contributed by atoms with Crippen molar-refractivity contribution in [2.75, 3.05) is 7.11 Å². The molecule has 3 aromatic rings. The zero-order chi connectivity index (χ0) is 18.3. The number of hydrogen-bond acceptors (Lipinski definition) is 3. The van der Waals surface area contributed by atoms with Crippen LogP contribution in [0.25, 0.3) is 11.3 Å². The van der Waals surface area contributed by atoms with Crippen LogP contribution >= 0.6 is 0 Å². The molecule has 1 aliphatic carbocycles. The van der Waals surface area contributed by atoms with E-state index in [9.17, 15) is 4.39 Å². The van der Waals surface area contributed by atoms with E-state index in [0.717, 1.165) is 35.5 Å². The minimum Gasteiger partial charge on any atom is -0.497 e. The molecule has 0 amide bonds. The van der Waals surface area contributed by atoms with E-state index < -0.39 is 0 Å². The Morgan fingerprint density at radius 3 is 2.65 bits per heavy atom. The van der Waals surface area contributed by atoms with Crippen molar-refractivity contribution in [2.24, 2.45) is 0 Å². The van der Waals surface area contributed by atoms with Crippen molar-refractivity contribution in [1.29, 1.82) is 0 Å². The molecule has 1 aromatic carbocycles. The highest BCUT2D eigenvalue weighted by Crippen LogP contribution is 2.36. The first-order chi connectivity index (χ1) is 12.5. The molecule has 134 valence electrons. The van der Waals surface area contributed by atoms with Crippen molar-refractivity contribution in [3.8, 4) is 17.0 Å². The first-order valence-electron chi connectivity index (χ1n) is 8.91. The normalized spacial score (nSPS) is 16.1. The summed E-state index contributed by atoms with van der Waals surface area (Å²) in [5.41, 5.74) is 5.31. The van der Waals surface area contributed by atoms with Crippen LogP contribution in [-0.2, 0) is 12.8 Å². The molecule has 1 aliphatic rings. The lowest BCUT2D eigenvalue weighted by molar-refractivity contribution is 0.414. The van der Waals surface area contributed by atoms with E-state index in [0.29, 0.717) is 5.92 Å². The average molecular weight is 351 g/mol. The maximum Gasteiger partial charge on any atom is 0.142 e. The van der Waals surface area contributed by atoms with E-state index in [1.165, 1.54) is 23.4 Å². The molecule has 0 bridgehead atoms. The lowest BCUT2D eigenvalue weighted by atomic mass is 10.1. The summed E-state index contributed by atoms with van der Waals surface area (Å²) >= 11 is 0. The van der Waals surface area contributed by atoms with Crippen LogP contribution in [0.3, 0.4) is 0 Å². The Morgan fingerprint density at radius 2 is 1.92 bits per heavy atom. The first-order valence-corrected chi connectivity index (χ1v) is 8.91. The van der Waals surface area contributed by atoms with E-state index in [1.54, 1.807) is 13.3 Å². The van der Waals surface area contributed by atoms with Crippen LogP contribution in [0.1, 0.15) is 42.6 Å². The van der Waals surface area contributed by atoms with Crippen LogP contribution in [-0.4, -0.2) is 21.9 Å². The summed E-state index contributed by atoms with van der Waals surface area (Å²) in [4.78, 5) is 4.01. The van der Waals surface area contributed by atoms with Crippen molar-refractivity contribution in [3.63, 3.8) is 0 Å². The van der Waals surface area contributed by atoms with Crippen molar-refractivity contribution >= 4 is 0 Å². The number of halogens is 1. The summed E-state index contributed by atoms with van der Waals surface area (Å²) in [7, 11) is 1.69. The highest BCUT2D eigenvalue weighted by molar-refractivity contribution is 5.59. The summed E-state index contributed by atoms with van der Waals surface area (Å²) < 4.78 is 21.1. The van der Waals surface area contributed by atoms with Crippen molar-refractivity contribution in [1.82, 2.24) is 14.8 Å². The zero-order valence-electron chi connectivity index (χ0n) is 15.2. The number of nitrogens with zero attached hydrogens (tertiary/aromatic N) is 3. The standard InChI is InChI=1S/C21H22FN3O/c1-13(2)20-10-21(16-6-17(22)12-23-11-16)25(24-20)18-7-14-4-5-19(26-3)9-15(14)8-18/h4-6,9-13,18H,7-8H2,1-3H3/t18-/m0/s1. The summed E-state index contributed by atoms with van der Waals surface area (Å²) in [5, 5.41) is 4.86. The molecule has 5 heteroatoms. The van der Waals surface area contributed by atoms with E-state index in [1.807, 2.05) is 6.07 Å². The van der Waals surface area contributed by atoms with Crippen LogP contribution in [0, 0.1) is 5.82 Å². The van der Waals surface area contributed by atoms with Gasteiger partial charge in [0, 0.05) is 11.8 Å². The second-order valence-corrected chi connectivity index (χ2v) is 7.14. The topological polar surface area (TPSA) is 39.9 Å². The Bertz CT molecular complexity index is 948. The van der Waals surface area contributed by atoms with Gasteiger partial charge in [-0.15, -0.1) is 0 Å². The molecule has 0 spiro atoms. The summed E-state index contributed by atoms with van der Waals surface area (Å²) in [6.45, 7) is 4.24. The molecule has 1 atom stereocenters. The second-order valence-electron chi connectivity index (χ2n) is 7.14. The summed E-state index contributed by atoms with van der Waals surface area (Å²) in [6.07, 6.45) is 4.73. The largest absolute Gasteiger partial charge is 0.497 e. The number of ether oxygens (including phenoxy) is 1. The van der Waals surface area contributed by atoms with Gasteiger partial charge >= 0.3 is 0 Å². The van der Waals surface area contributed by atoms with E-state index in [4.69, 9.17) is 9.84 Å². The van der Waals surface area contributed by atoms with Crippen LogP contribution in [0.4, 0.5) is 4.39 Å². The Balaban J connectivity index is 1.74. The Labute approximate surface area is 152 Å². The van der Waals surface area contributed by atoms with E-state index in [-0.39, 0.29) is 11.9 Å². The smallest absolute Gasteiger partial charge is 0.142 e. The number of hydrogen-bond donors (Lipinski definition) is 0.